The van der Waals surface area contributed by atoms with Gasteiger partial charge in [0, 0.05) is 7.05 Å². The second kappa shape index (κ2) is 2.75. The van der Waals surface area contributed by atoms with Crippen molar-refractivity contribution in [2.24, 2.45) is 0 Å². The monoisotopic (exact) mass is 188 g/mol. The molecular formula is C7H12N2S2. The number of hydrogen-bond donors (Lipinski definition) is 1. The molecule has 0 radical (unpaired) electrons. The molecule has 11 heavy (non-hydrogen) atoms. The van der Waals surface area contributed by atoms with Gasteiger partial charge in [-0.05, 0) is 25.1 Å². The summed E-state index contributed by atoms with van der Waals surface area (Å²) in [5.74, 6) is 0. The van der Waals surface area contributed by atoms with E-state index in [9.17, 15) is 0 Å². The topological polar surface area (TPSA) is 27.1 Å². The van der Waals surface area contributed by atoms with Gasteiger partial charge in [0.05, 0.1) is 10.6 Å². The molecule has 1 atom stereocenters. The zero-order chi connectivity index (χ0) is 8.65. The van der Waals surface area contributed by atoms with Gasteiger partial charge in [-0.3, -0.25) is 5.41 Å². The normalized spacial score (nSPS) is 31.7. The van der Waals surface area contributed by atoms with E-state index in [2.05, 4.69) is 13.8 Å². The third-order valence-corrected chi connectivity index (χ3v) is 4.00. The van der Waals surface area contributed by atoms with Crippen LogP contribution in [0.1, 0.15) is 20.3 Å². The Balaban J connectivity index is 2.96. The van der Waals surface area contributed by atoms with Gasteiger partial charge in [-0.1, -0.05) is 19.1 Å². The van der Waals surface area contributed by atoms with Gasteiger partial charge in [-0.15, -0.1) is 0 Å². The zero-order valence-electron chi connectivity index (χ0n) is 6.97. The summed E-state index contributed by atoms with van der Waals surface area (Å²) in [6, 6.07) is 0. The van der Waals surface area contributed by atoms with E-state index < -0.39 is 0 Å². The Morgan fingerprint density at radius 1 is 1.73 bits per heavy atom. The van der Waals surface area contributed by atoms with Crippen LogP contribution in [0.5, 0.6) is 0 Å². The molecule has 1 aliphatic rings. The summed E-state index contributed by atoms with van der Waals surface area (Å²) in [5, 5.41) is 8.37. The molecule has 1 saturated heterocycles. The van der Waals surface area contributed by atoms with Crippen LogP contribution in [0.25, 0.3) is 0 Å². The third-order valence-electron chi connectivity index (χ3n) is 2.38. The highest BCUT2D eigenvalue weighted by atomic mass is 32.2. The van der Waals surface area contributed by atoms with Crippen LogP contribution in [0.3, 0.4) is 0 Å². The Labute approximate surface area is 76.9 Å². The maximum Gasteiger partial charge on any atom is 0.142 e. The summed E-state index contributed by atoms with van der Waals surface area (Å²) in [5.41, 5.74) is -0.137. The lowest BCUT2D eigenvalue weighted by Crippen LogP contribution is -2.43. The predicted molar refractivity (Wildman–Crippen MR) is 54.4 cm³/mol. The van der Waals surface area contributed by atoms with E-state index in [-0.39, 0.29) is 5.54 Å². The molecule has 0 aromatic heterocycles. The van der Waals surface area contributed by atoms with Gasteiger partial charge in [0.1, 0.15) is 4.32 Å². The van der Waals surface area contributed by atoms with Gasteiger partial charge >= 0.3 is 0 Å². The average molecular weight is 188 g/mol. The van der Waals surface area contributed by atoms with Crippen LogP contribution >= 0.6 is 24.0 Å². The molecule has 0 bridgehead atoms. The highest BCUT2D eigenvalue weighted by molar-refractivity contribution is 8.33. The molecule has 1 heterocycles. The summed E-state index contributed by atoms with van der Waals surface area (Å²) in [7, 11) is 1.96. The molecule has 1 unspecified atom stereocenters. The van der Waals surface area contributed by atoms with Crippen molar-refractivity contribution in [2.75, 3.05) is 7.05 Å². The summed E-state index contributed by atoms with van der Waals surface area (Å²) in [6.07, 6.45) is 0.940. The fraction of sp³-hybridized carbons (Fsp3) is 0.714. The highest BCUT2D eigenvalue weighted by Crippen LogP contribution is 2.35. The molecule has 1 fully saturated rings. The Hall–Kier alpha value is -0.0900. The molecule has 4 heteroatoms. The SMILES string of the molecule is CCC1(C)C(=N)SC(=S)N1C. The first kappa shape index (κ1) is 9.00. The van der Waals surface area contributed by atoms with Crippen molar-refractivity contribution in [2.45, 2.75) is 25.8 Å². The minimum Gasteiger partial charge on any atom is -0.349 e. The van der Waals surface area contributed by atoms with Gasteiger partial charge in [-0.25, -0.2) is 0 Å². The van der Waals surface area contributed by atoms with E-state index >= 15 is 0 Å². The number of thiocarbonyl (C=S) groups is 1. The second-order valence-corrected chi connectivity index (χ2v) is 4.53. The van der Waals surface area contributed by atoms with E-state index in [0.717, 1.165) is 10.7 Å². The largest absolute Gasteiger partial charge is 0.349 e. The minimum atomic E-state index is -0.137. The first-order valence-corrected chi connectivity index (χ1v) is 4.79. The van der Waals surface area contributed by atoms with Crippen LogP contribution in [-0.4, -0.2) is 26.9 Å². The molecule has 1 rings (SSSR count). The Bertz CT molecular complexity index is 214. The van der Waals surface area contributed by atoms with Crippen LogP contribution in [0.15, 0.2) is 0 Å². The van der Waals surface area contributed by atoms with Crippen LogP contribution in [0.2, 0.25) is 0 Å². The molecule has 2 nitrogen and oxygen atoms in total. The third kappa shape index (κ3) is 1.18. The van der Waals surface area contributed by atoms with E-state index in [1.54, 1.807) is 0 Å². The average Bonchev–Trinajstić information content (AvgIpc) is 2.16. The number of rotatable bonds is 1. The number of hydrogen-bond acceptors (Lipinski definition) is 3. The smallest absolute Gasteiger partial charge is 0.142 e. The zero-order valence-corrected chi connectivity index (χ0v) is 8.60. The Kier molecular flexibility index (Phi) is 2.25. The Morgan fingerprint density at radius 2 is 2.27 bits per heavy atom. The molecule has 0 aromatic rings. The van der Waals surface area contributed by atoms with Crippen molar-refractivity contribution in [1.82, 2.24) is 4.90 Å². The Morgan fingerprint density at radius 3 is 2.45 bits per heavy atom. The standard InChI is InChI=1S/C7H12N2S2/c1-4-7(2)5(8)11-6(10)9(7)3/h8H,4H2,1-3H3. The lowest BCUT2D eigenvalue weighted by atomic mass is 9.99. The van der Waals surface area contributed by atoms with Crippen molar-refractivity contribution in [3.05, 3.63) is 0 Å². The maximum absolute atomic E-state index is 7.70. The van der Waals surface area contributed by atoms with Crippen LogP contribution in [0.4, 0.5) is 0 Å². The van der Waals surface area contributed by atoms with Crippen molar-refractivity contribution < 1.29 is 0 Å². The van der Waals surface area contributed by atoms with Gasteiger partial charge in [0.2, 0.25) is 0 Å². The van der Waals surface area contributed by atoms with Crippen molar-refractivity contribution in [3.63, 3.8) is 0 Å². The van der Waals surface area contributed by atoms with Crippen LogP contribution in [0, 0.1) is 5.41 Å². The first-order chi connectivity index (χ1) is 5.02. The molecule has 0 aromatic carbocycles. The van der Waals surface area contributed by atoms with E-state index in [0.29, 0.717) is 5.04 Å². The summed E-state index contributed by atoms with van der Waals surface area (Å²) in [6.45, 7) is 4.14. The van der Waals surface area contributed by atoms with Crippen molar-refractivity contribution in [3.8, 4) is 0 Å². The lowest BCUT2D eigenvalue weighted by Gasteiger charge is -2.30. The van der Waals surface area contributed by atoms with Gasteiger partial charge in [0.15, 0.2) is 0 Å². The summed E-state index contributed by atoms with van der Waals surface area (Å²) < 4.78 is 0.819. The van der Waals surface area contributed by atoms with Gasteiger partial charge in [0.25, 0.3) is 0 Å². The maximum atomic E-state index is 7.70. The first-order valence-electron chi connectivity index (χ1n) is 3.57. The van der Waals surface area contributed by atoms with Crippen molar-refractivity contribution >= 4 is 33.3 Å². The second-order valence-electron chi connectivity index (χ2n) is 2.88. The lowest BCUT2D eigenvalue weighted by molar-refractivity contribution is 0.328. The fourth-order valence-corrected chi connectivity index (χ4v) is 2.48. The highest BCUT2D eigenvalue weighted by Gasteiger charge is 2.41. The quantitative estimate of drug-likeness (QED) is 0.638. The van der Waals surface area contributed by atoms with Crippen LogP contribution < -0.4 is 0 Å². The molecule has 62 valence electrons. The van der Waals surface area contributed by atoms with Crippen LogP contribution in [-0.2, 0) is 0 Å². The molecule has 1 N–H and O–H groups in total. The van der Waals surface area contributed by atoms with Crippen molar-refractivity contribution in [1.29, 1.82) is 5.41 Å². The molecule has 0 saturated carbocycles. The minimum absolute atomic E-state index is 0.137. The molecular weight excluding hydrogens is 176 g/mol. The predicted octanol–water partition coefficient (Wildman–Crippen LogP) is 2.10. The van der Waals surface area contributed by atoms with Gasteiger partial charge < -0.3 is 4.90 Å². The molecule has 0 spiro atoms. The fourth-order valence-electron chi connectivity index (χ4n) is 1.02. The van der Waals surface area contributed by atoms with E-state index in [1.807, 2.05) is 11.9 Å². The molecule has 0 aliphatic carbocycles. The number of thioether (sulfide) groups is 1. The van der Waals surface area contributed by atoms with Gasteiger partial charge in [-0.2, -0.15) is 0 Å². The number of nitrogens with one attached hydrogen (secondary N) is 1. The molecule has 0 amide bonds. The molecule has 1 aliphatic heterocycles. The van der Waals surface area contributed by atoms with E-state index in [4.69, 9.17) is 17.6 Å². The summed E-state index contributed by atoms with van der Waals surface area (Å²) >= 11 is 6.48. The van der Waals surface area contributed by atoms with E-state index in [1.165, 1.54) is 11.8 Å². The summed E-state index contributed by atoms with van der Waals surface area (Å²) in [4.78, 5) is 2.01. The number of nitrogens with zero attached hydrogens (tertiary/aromatic N) is 1.